The Hall–Kier alpha value is -3.07. The summed E-state index contributed by atoms with van der Waals surface area (Å²) in [6.45, 7) is 0.221. The molecule has 0 atom stereocenters. The van der Waals surface area contributed by atoms with Crippen molar-refractivity contribution in [1.29, 1.82) is 0 Å². The van der Waals surface area contributed by atoms with E-state index in [9.17, 15) is 14.4 Å². The molecule has 0 aliphatic rings. The third kappa shape index (κ3) is 5.59. The van der Waals surface area contributed by atoms with Gasteiger partial charge in [-0.2, -0.15) is 0 Å². The zero-order valence-electron chi connectivity index (χ0n) is 17.0. The molecule has 2 N–H and O–H groups in total. The van der Waals surface area contributed by atoms with E-state index in [2.05, 4.69) is 15.4 Å². The third-order valence-electron chi connectivity index (χ3n) is 4.41. The van der Waals surface area contributed by atoms with Gasteiger partial charge in [0.25, 0.3) is 11.8 Å². The SMILES string of the molecule is COC(=O)c1ccc(C(=O)Nc2sc(Cl)cc2C(=O)NCc2ccc(OC)c(Cl)c2)cc1. The maximum Gasteiger partial charge on any atom is 0.337 e. The van der Waals surface area contributed by atoms with E-state index in [-0.39, 0.29) is 12.1 Å². The number of methoxy groups -OCH3 is 2. The smallest absolute Gasteiger partial charge is 0.337 e. The molecule has 0 spiro atoms. The fraction of sp³-hybridized carbons (Fsp3) is 0.136. The summed E-state index contributed by atoms with van der Waals surface area (Å²) in [5, 5.41) is 6.22. The minimum absolute atomic E-state index is 0.221. The van der Waals surface area contributed by atoms with Crippen LogP contribution in [0.5, 0.6) is 5.75 Å². The van der Waals surface area contributed by atoms with Gasteiger partial charge in [0.15, 0.2) is 0 Å². The van der Waals surface area contributed by atoms with Gasteiger partial charge in [-0.25, -0.2) is 4.79 Å². The highest BCUT2D eigenvalue weighted by Gasteiger charge is 2.19. The lowest BCUT2D eigenvalue weighted by molar-refractivity contribution is 0.0600. The number of benzene rings is 2. The van der Waals surface area contributed by atoms with Crippen LogP contribution in [0.1, 0.15) is 36.6 Å². The Morgan fingerprint density at radius 2 is 1.62 bits per heavy atom. The normalized spacial score (nSPS) is 10.4. The molecular formula is C22H18Cl2N2O5S. The number of anilines is 1. The van der Waals surface area contributed by atoms with Crippen LogP contribution in [0.15, 0.2) is 48.5 Å². The molecule has 1 aromatic heterocycles. The van der Waals surface area contributed by atoms with Gasteiger partial charge >= 0.3 is 5.97 Å². The van der Waals surface area contributed by atoms with Gasteiger partial charge in [-0.1, -0.05) is 29.3 Å². The Bertz CT molecular complexity index is 1160. The van der Waals surface area contributed by atoms with Crippen molar-refractivity contribution in [3.63, 3.8) is 0 Å². The molecule has 0 saturated heterocycles. The minimum atomic E-state index is -0.501. The molecule has 7 nitrogen and oxygen atoms in total. The second-order valence-corrected chi connectivity index (χ2v) is 8.56. The Balaban J connectivity index is 1.69. The predicted molar refractivity (Wildman–Crippen MR) is 124 cm³/mol. The first-order valence-corrected chi connectivity index (χ1v) is 10.8. The van der Waals surface area contributed by atoms with Crippen molar-refractivity contribution in [2.24, 2.45) is 0 Å². The molecule has 0 radical (unpaired) electrons. The Morgan fingerprint density at radius 3 is 2.25 bits per heavy atom. The van der Waals surface area contributed by atoms with Crippen LogP contribution >= 0.6 is 34.5 Å². The zero-order valence-corrected chi connectivity index (χ0v) is 19.4. The van der Waals surface area contributed by atoms with Gasteiger partial charge < -0.3 is 20.1 Å². The molecule has 0 fully saturated rings. The van der Waals surface area contributed by atoms with E-state index in [0.717, 1.165) is 16.9 Å². The number of hydrogen-bond acceptors (Lipinski definition) is 6. The van der Waals surface area contributed by atoms with E-state index in [1.165, 1.54) is 44.6 Å². The van der Waals surface area contributed by atoms with Crippen molar-refractivity contribution >= 4 is 57.3 Å². The van der Waals surface area contributed by atoms with Crippen LogP contribution in [-0.4, -0.2) is 32.0 Å². The number of rotatable bonds is 7. The average Bonchev–Trinajstić information content (AvgIpc) is 3.17. The quantitative estimate of drug-likeness (QED) is 0.451. The largest absolute Gasteiger partial charge is 0.495 e. The van der Waals surface area contributed by atoms with Crippen molar-refractivity contribution in [3.05, 3.63) is 80.1 Å². The molecule has 0 aliphatic carbocycles. The molecule has 10 heteroatoms. The van der Waals surface area contributed by atoms with E-state index in [4.69, 9.17) is 27.9 Å². The van der Waals surface area contributed by atoms with Crippen LogP contribution in [-0.2, 0) is 11.3 Å². The molecule has 166 valence electrons. The Morgan fingerprint density at radius 1 is 0.938 bits per heavy atom. The summed E-state index contributed by atoms with van der Waals surface area (Å²) in [5.41, 5.74) is 1.64. The summed E-state index contributed by atoms with van der Waals surface area (Å²) < 4.78 is 10.1. The molecule has 2 amide bonds. The molecule has 2 aromatic carbocycles. The first-order chi connectivity index (χ1) is 15.3. The lowest BCUT2D eigenvalue weighted by Gasteiger charge is -2.09. The lowest BCUT2D eigenvalue weighted by atomic mass is 10.1. The van der Waals surface area contributed by atoms with Crippen LogP contribution in [0.4, 0.5) is 5.00 Å². The first-order valence-electron chi connectivity index (χ1n) is 9.22. The Kier molecular flexibility index (Phi) is 7.74. The third-order valence-corrected chi connectivity index (χ3v) is 5.89. The molecule has 0 aliphatic heterocycles. The highest BCUT2D eigenvalue weighted by atomic mass is 35.5. The lowest BCUT2D eigenvalue weighted by Crippen LogP contribution is -2.24. The second kappa shape index (κ2) is 10.5. The van der Waals surface area contributed by atoms with Gasteiger partial charge in [0.2, 0.25) is 0 Å². The molecular weight excluding hydrogens is 475 g/mol. The van der Waals surface area contributed by atoms with Gasteiger partial charge in [-0.15, -0.1) is 11.3 Å². The number of carbonyl (C=O) groups is 3. The number of nitrogens with one attached hydrogen (secondary N) is 2. The Labute approximate surface area is 198 Å². The molecule has 0 bridgehead atoms. The van der Waals surface area contributed by atoms with Crippen LogP contribution in [0.3, 0.4) is 0 Å². The predicted octanol–water partition coefficient (Wildman–Crippen LogP) is 5.03. The number of carbonyl (C=O) groups excluding carboxylic acids is 3. The molecule has 1 heterocycles. The van der Waals surface area contributed by atoms with E-state index in [1.54, 1.807) is 18.2 Å². The monoisotopic (exact) mass is 492 g/mol. The van der Waals surface area contributed by atoms with Crippen molar-refractivity contribution < 1.29 is 23.9 Å². The highest BCUT2D eigenvalue weighted by molar-refractivity contribution is 7.20. The molecule has 0 saturated carbocycles. The van der Waals surface area contributed by atoms with E-state index < -0.39 is 17.8 Å². The van der Waals surface area contributed by atoms with Crippen molar-refractivity contribution in [3.8, 4) is 5.75 Å². The fourth-order valence-corrected chi connectivity index (χ4v) is 4.17. The summed E-state index contributed by atoms with van der Waals surface area (Å²) in [5.74, 6) is -0.817. The standard InChI is InChI=1S/C22H18Cl2N2O5S/c1-30-17-8-3-12(9-16(17)23)11-25-20(28)15-10-18(24)32-21(15)26-19(27)13-4-6-14(7-5-13)22(29)31-2/h3-10H,11H2,1-2H3,(H,25,28)(H,26,27). The number of ether oxygens (including phenoxy) is 2. The average molecular weight is 493 g/mol. The summed E-state index contributed by atoms with van der Waals surface area (Å²) >= 11 is 13.3. The van der Waals surface area contributed by atoms with Crippen LogP contribution in [0, 0.1) is 0 Å². The maximum atomic E-state index is 12.7. The van der Waals surface area contributed by atoms with Gasteiger partial charge in [-0.05, 0) is 48.0 Å². The highest BCUT2D eigenvalue weighted by Crippen LogP contribution is 2.32. The molecule has 3 rings (SSSR count). The van der Waals surface area contributed by atoms with Crippen LogP contribution in [0.2, 0.25) is 9.36 Å². The molecule has 0 unspecified atom stereocenters. The van der Waals surface area contributed by atoms with Crippen molar-refractivity contribution in [1.82, 2.24) is 5.32 Å². The van der Waals surface area contributed by atoms with Crippen molar-refractivity contribution in [2.45, 2.75) is 6.54 Å². The van der Waals surface area contributed by atoms with Crippen molar-refractivity contribution in [2.75, 3.05) is 19.5 Å². The minimum Gasteiger partial charge on any atom is -0.495 e. The summed E-state index contributed by atoms with van der Waals surface area (Å²) in [4.78, 5) is 36.8. The topological polar surface area (TPSA) is 93.7 Å². The second-order valence-electron chi connectivity index (χ2n) is 6.47. The maximum absolute atomic E-state index is 12.7. The number of halogens is 2. The van der Waals surface area contributed by atoms with Gasteiger partial charge in [0, 0.05) is 12.1 Å². The summed E-state index contributed by atoms with van der Waals surface area (Å²) in [7, 11) is 2.80. The number of amides is 2. The van der Waals surface area contributed by atoms with Gasteiger partial charge in [-0.3, -0.25) is 9.59 Å². The van der Waals surface area contributed by atoms with Crippen LogP contribution < -0.4 is 15.4 Å². The number of esters is 1. The molecule has 32 heavy (non-hydrogen) atoms. The van der Waals surface area contributed by atoms with E-state index in [1.807, 2.05) is 0 Å². The van der Waals surface area contributed by atoms with Gasteiger partial charge in [0.1, 0.15) is 10.8 Å². The van der Waals surface area contributed by atoms with E-state index >= 15 is 0 Å². The summed E-state index contributed by atoms with van der Waals surface area (Å²) in [6, 6.07) is 12.6. The zero-order chi connectivity index (χ0) is 23.3. The van der Waals surface area contributed by atoms with E-state index in [0.29, 0.717) is 31.2 Å². The van der Waals surface area contributed by atoms with Gasteiger partial charge in [0.05, 0.1) is 34.7 Å². The first kappa shape index (κ1) is 23.6. The number of thiophene rings is 1. The number of hydrogen-bond donors (Lipinski definition) is 2. The molecule has 3 aromatic rings. The summed E-state index contributed by atoms with van der Waals surface area (Å²) in [6.07, 6.45) is 0. The fourth-order valence-electron chi connectivity index (χ4n) is 2.77. The van der Waals surface area contributed by atoms with Crippen LogP contribution in [0.25, 0.3) is 0 Å².